The molecule has 0 aliphatic carbocycles. The number of benzene rings is 1. The zero-order valence-electron chi connectivity index (χ0n) is 13.0. The summed E-state index contributed by atoms with van der Waals surface area (Å²) >= 11 is 0. The van der Waals surface area contributed by atoms with Crippen LogP contribution in [0, 0.1) is 6.92 Å². The van der Waals surface area contributed by atoms with Gasteiger partial charge in [0.15, 0.2) is 0 Å². The summed E-state index contributed by atoms with van der Waals surface area (Å²) in [5.41, 5.74) is 7.70. The second-order valence-corrected chi connectivity index (χ2v) is 5.76. The summed E-state index contributed by atoms with van der Waals surface area (Å²) in [6.45, 7) is 7.05. The third-order valence-electron chi connectivity index (χ3n) is 4.46. The van der Waals surface area contributed by atoms with Gasteiger partial charge in [-0.1, -0.05) is 0 Å². The van der Waals surface area contributed by atoms with Crippen LogP contribution in [0.25, 0.3) is 0 Å². The van der Waals surface area contributed by atoms with Gasteiger partial charge in [0.1, 0.15) is 0 Å². The highest BCUT2D eigenvalue weighted by atomic mass is 16.5. The standard InChI is InChI=1S/C17H24O4/c1-12-13-8-19-5-3-4-6-20-10-17(15(13)7-18-2)16-11-21-9-14(12)16/h3-11H2,1-2H3. The molecule has 0 saturated heterocycles. The molecule has 4 nitrogen and oxygen atoms in total. The van der Waals surface area contributed by atoms with E-state index in [0.717, 1.165) is 26.1 Å². The van der Waals surface area contributed by atoms with E-state index in [-0.39, 0.29) is 0 Å². The zero-order valence-corrected chi connectivity index (χ0v) is 13.0. The Bertz CT molecular complexity index is 510. The lowest BCUT2D eigenvalue weighted by Crippen LogP contribution is -2.11. The Balaban J connectivity index is 2.09. The molecule has 0 saturated carbocycles. The molecule has 2 bridgehead atoms. The van der Waals surface area contributed by atoms with Gasteiger partial charge in [-0.2, -0.15) is 0 Å². The molecule has 0 spiro atoms. The van der Waals surface area contributed by atoms with E-state index in [9.17, 15) is 0 Å². The van der Waals surface area contributed by atoms with E-state index in [4.69, 9.17) is 18.9 Å². The molecule has 0 N–H and O–H groups in total. The van der Waals surface area contributed by atoms with Crippen LogP contribution in [0.15, 0.2) is 0 Å². The zero-order chi connectivity index (χ0) is 14.7. The van der Waals surface area contributed by atoms with Crippen molar-refractivity contribution >= 4 is 0 Å². The van der Waals surface area contributed by atoms with Crippen molar-refractivity contribution in [3.8, 4) is 0 Å². The van der Waals surface area contributed by atoms with Gasteiger partial charge in [-0.3, -0.25) is 0 Å². The second-order valence-electron chi connectivity index (χ2n) is 5.76. The van der Waals surface area contributed by atoms with E-state index in [2.05, 4.69) is 6.92 Å². The molecule has 0 atom stereocenters. The van der Waals surface area contributed by atoms with Crippen LogP contribution in [0.1, 0.15) is 46.2 Å². The molecule has 2 aliphatic rings. The third kappa shape index (κ3) is 2.99. The second kappa shape index (κ2) is 6.88. The van der Waals surface area contributed by atoms with Crippen LogP contribution in [0.2, 0.25) is 0 Å². The average Bonchev–Trinajstić information content (AvgIpc) is 2.95. The molecular formula is C17H24O4. The fourth-order valence-electron chi connectivity index (χ4n) is 3.25. The molecule has 21 heavy (non-hydrogen) atoms. The smallest absolute Gasteiger partial charge is 0.0728 e. The van der Waals surface area contributed by atoms with Crippen LogP contribution < -0.4 is 0 Å². The van der Waals surface area contributed by atoms with Crippen molar-refractivity contribution in [2.24, 2.45) is 0 Å². The number of hydrogen-bond acceptors (Lipinski definition) is 4. The summed E-state index contributed by atoms with van der Waals surface area (Å²) in [6.07, 6.45) is 2.10. The highest BCUT2D eigenvalue weighted by Gasteiger charge is 2.25. The monoisotopic (exact) mass is 292 g/mol. The summed E-state index contributed by atoms with van der Waals surface area (Å²) in [5, 5.41) is 0. The van der Waals surface area contributed by atoms with E-state index in [0.29, 0.717) is 33.0 Å². The van der Waals surface area contributed by atoms with Gasteiger partial charge in [0.2, 0.25) is 0 Å². The highest BCUT2D eigenvalue weighted by molar-refractivity contribution is 5.52. The van der Waals surface area contributed by atoms with E-state index in [1.165, 1.54) is 33.4 Å². The van der Waals surface area contributed by atoms with Crippen LogP contribution in [0.3, 0.4) is 0 Å². The van der Waals surface area contributed by atoms with Gasteiger partial charge in [0.25, 0.3) is 0 Å². The number of fused-ring (bicyclic) bond motifs is 4. The molecule has 0 aromatic heterocycles. The van der Waals surface area contributed by atoms with Crippen LogP contribution in [-0.2, 0) is 52.0 Å². The summed E-state index contributed by atoms with van der Waals surface area (Å²) < 4.78 is 22.9. The highest BCUT2D eigenvalue weighted by Crippen LogP contribution is 2.34. The Labute approximate surface area is 126 Å². The lowest BCUT2D eigenvalue weighted by molar-refractivity contribution is 0.0916. The predicted octanol–water partition coefficient (Wildman–Crippen LogP) is 3.00. The first-order chi connectivity index (χ1) is 10.3. The lowest BCUT2D eigenvalue weighted by atomic mass is 9.89. The minimum absolute atomic E-state index is 0.603. The fraction of sp³-hybridized carbons (Fsp3) is 0.647. The molecule has 0 unspecified atom stereocenters. The Morgan fingerprint density at radius 3 is 2.14 bits per heavy atom. The van der Waals surface area contributed by atoms with E-state index >= 15 is 0 Å². The minimum Gasteiger partial charge on any atom is -0.380 e. The van der Waals surface area contributed by atoms with E-state index < -0.39 is 0 Å². The van der Waals surface area contributed by atoms with Crippen molar-refractivity contribution in [1.29, 1.82) is 0 Å². The van der Waals surface area contributed by atoms with Crippen molar-refractivity contribution in [2.75, 3.05) is 20.3 Å². The van der Waals surface area contributed by atoms with E-state index in [1.807, 2.05) is 0 Å². The van der Waals surface area contributed by atoms with Crippen LogP contribution in [-0.4, -0.2) is 20.3 Å². The normalized spacial score (nSPS) is 19.1. The molecule has 0 fully saturated rings. The summed E-state index contributed by atoms with van der Waals surface area (Å²) in [5.74, 6) is 0. The Morgan fingerprint density at radius 1 is 0.810 bits per heavy atom. The number of ether oxygens (including phenoxy) is 4. The van der Waals surface area contributed by atoms with Crippen LogP contribution in [0.4, 0.5) is 0 Å². The molecule has 1 aromatic carbocycles. The topological polar surface area (TPSA) is 36.9 Å². The van der Waals surface area contributed by atoms with Gasteiger partial charge in [0, 0.05) is 20.3 Å². The van der Waals surface area contributed by atoms with Crippen molar-refractivity contribution in [3.05, 3.63) is 33.4 Å². The molecule has 0 amide bonds. The first-order valence-corrected chi connectivity index (χ1v) is 7.70. The SMILES string of the molecule is COCc1c2c(C)c3c(c1COCCCCOC2)COC3. The van der Waals surface area contributed by atoms with Crippen molar-refractivity contribution in [1.82, 2.24) is 0 Å². The minimum atomic E-state index is 0.603. The van der Waals surface area contributed by atoms with Gasteiger partial charge in [-0.05, 0) is 53.1 Å². The van der Waals surface area contributed by atoms with Gasteiger partial charge >= 0.3 is 0 Å². The Kier molecular flexibility index (Phi) is 4.91. The quantitative estimate of drug-likeness (QED) is 0.839. The Morgan fingerprint density at radius 2 is 1.43 bits per heavy atom. The van der Waals surface area contributed by atoms with Crippen LogP contribution >= 0.6 is 0 Å². The molecular weight excluding hydrogens is 268 g/mol. The van der Waals surface area contributed by atoms with Crippen LogP contribution in [0.5, 0.6) is 0 Å². The number of rotatable bonds is 2. The maximum absolute atomic E-state index is 5.89. The molecule has 0 radical (unpaired) electrons. The van der Waals surface area contributed by atoms with Crippen molar-refractivity contribution in [3.63, 3.8) is 0 Å². The number of hydrogen-bond donors (Lipinski definition) is 0. The Hall–Kier alpha value is -0.940. The third-order valence-corrected chi connectivity index (χ3v) is 4.46. The number of methoxy groups -OCH3 is 1. The first-order valence-electron chi connectivity index (χ1n) is 7.70. The maximum Gasteiger partial charge on any atom is 0.0728 e. The summed E-state index contributed by atoms with van der Waals surface area (Å²) in [7, 11) is 1.74. The first kappa shape index (κ1) is 15.0. The van der Waals surface area contributed by atoms with Crippen molar-refractivity contribution < 1.29 is 18.9 Å². The van der Waals surface area contributed by atoms with Gasteiger partial charge in [0.05, 0.1) is 33.0 Å². The van der Waals surface area contributed by atoms with Gasteiger partial charge < -0.3 is 18.9 Å². The summed E-state index contributed by atoms with van der Waals surface area (Å²) in [4.78, 5) is 0. The molecule has 116 valence electrons. The average molecular weight is 292 g/mol. The van der Waals surface area contributed by atoms with E-state index in [1.54, 1.807) is 7.11 Å². The largest absolute Gasteiger partial charge is 0.380 e. The predicted molar refractivity (Wildman–Crippen MR) is 78.9 cm³/mol. The summed E-state index contributed by atoms with van der Waals surface area (Å²) in [6, 6.07) is 0. The molecule has 4 heteroatoms. The van der Waals surface area contributed by atoms with Gasteiger partial charge in [-0.25, -0.2) is 0 Å². The maximum atomic E-state index is 5.89. The molecule has 3 rings (SSSR count). The lowest BCUT2D eigenvalue weighted by Gasteiger charge is -2.21. The molecule has 1 aromatic rings. The van der Waals surface area contributed by atoms with Crippen molar-refractivity contribution in [2.45, 2.75) is 52.8 Å². The fourth-order valence-corrected chi connectivity index (χ4v) is 3.25. The molecule has 2 heterocycles. The molecule has 2 aliphatic heterocycles. The van der Waals surface area contributed by atoms with Gasteiger partial charge in [-0.15, -0.1) is 0 Å².